The van der Waals surface area contributed by atoms with Gasteiger partial charge in [0.1, 0.15) is 0 Å². The zero-order chi connectivity index (χ0) is 17.9. The van der Waals surface area contributed by atoms with Crippen molar-refractivity contribution in [2.75, 3.05) is 19.6 Å². The van der Waals surface area contributed by atoms with Crippen LogP contribution in [0.4, 0.5) is 0 Å². The van der Waals surface area contributed by atoms with Crippen molar-refractivity contribution >= 4 is 15.9 Å². The fraction of sp³-hybridized carbons (Fsp3) is 0.357. The molecule has 134 valence electrons. The van der Waals surface area contributed by atoms with E-state index >= 15 is 0 Å². The van der Waals surface area contributed by atoms with Gasteiger partial charge in [0, 0.05) is 18.5 Å². The minimum absolute atomic E-state index is 0.0138. The van der Waals surface area contributed by atoms with Gasteiger partial charge in [0.15, 0.2) is 17.3 Å². The maximum atomic E-state index is 11.6. The molecular formula is C14H16N4O6S. The number of benzene rings is 1. The second kappa shape index (κ2) is 7.07. The third-order valence-electron chi connectivity index (χ3n) is 3.25. The van der Waals surface area contributed by atoms with E-state index < -0.39 is 10.0 Å². The Morgan fingerprint density at radius 3 is 2.88 bits per heavy atom. The molecule has 2 N–H and O–H groups in total. The van der Waals surface area contributed by atoms with E-state index in [4.69, 9.17) is 14.0 Å². The van der Waals surface area contributed by atoms with Gasteiger partial charge in [-0.05, 0) is 18.2 Å². The number of fused-ring (bicyclic) bond motifs is 1. The SMILES string of the molecule is CS(=O)(=O)NCCC(=O)NCc1noc(-c2ccc3c(c2)OCO3)n1. The average molecular weight is 368 g/mol. The predicted molar refractivity (Wildman–Crippen MR) is 85.2 cm³/mol. The summed E-state index contributed by atoms with van der Waals surface area (Å²) in [5, 5.41) is 6.38. The molecule has 25 heavy (non-hydrogen) atoms. The number of rotatable bonds is 7. The number of carbonyl (C=O) groups excluding carboxylic acids is 1. The molecule has 2 heterocycles. The highest BCUT2D eigenvalue weighted by molar-refractivity contribution is 7.88. The topological polar surface area (TPSA) is 133 Å². The molecule has 1 aromatic carbocycles. The lowest BCUT2D eigenvalue weighted by molar-refractivity contribution is -0.121. The summed E-state index contributed by atoms with van der Waals surface area (Å²) in [6.45, 7) is 0.277. The van der Waals surface area contributed by atoms with Gasteiger partial charge >= 0.3 is 0 Å². The Balaban J connectivity index is 1.53. The Morgan fingerprint density at radius 1 is 1.28 bits per heavy atom. The molecule has 0 aliphatic carbocycles. The van der Waals surface area contributed by atoms with Crippen LogP contribution in [0.15, 0.2) is 22.7 Å². The van der Waals surface area contributed by atoms with Crippen LogP contribution in [0, 0.1) is 0 Å². The summed E-state index contributed by atoms with van der Waals surface area (Å²) >= 11 is 0. The first-order valence-electron chi connectivity index (χ1n) is 7.35. The Morgan fingerprint density at radius 2 is 2.08 bits per heavy atom. The second-order valence-corrected chi connectivity index (χ2v) is 7.11. The predicted octanol–water partition coefficient (Wildman–Crippen LogP) is 0.0208. The molecule has 0 unspecified atom stereocenters. The minimum Gasteiger partial charge on any atom is -0.454 e. The average Bonchev–Trinajstić information content (AvgIpc) is 3.20. The molecule has 1 amide bonds. The summed E-state index contributed by atoms with van der Waals surface area (Å²) in [7, 11) is -3.31. The zero-order valence-corrected chi connectivity index (χ0v) is 14.1. The highest BCUT2D eigenvalue weighted by Crippen LogP contribution is 2.35. The van der Waals surface area contributed by atoms with Gasteiger partial charge in [-0.15, -0.1) is 0 Å². The van der Waals surface area contributed by atoms with E-state index in [2.05, 4.69) is 20.2 Å². The first-order chi connectivity index (χ1) is 11.9. The molecule has 0 fully saturated rings. The summed E-state index contributed by atoms with van der Waals surface area (Å²) in [5.74, 6) is 1.52. The number of nitrogens with one attached hydrogen (secondary N) is 2. The van der Waals surface area contributed by atoms with Crippen LogP contribution in [0.5, 0.6) is 11.5 Å². The Labute approximate surface area is 143 Å². The van der Waals surface area contributed by atoms with Crippen molar-refractivity contribution < 1.29 is 27.2 Å². The second-order valence-electron chi connectivity index (χ2n) is 5.28. The Hall–Kier alpha value is -2.66. The van der Waals surface area contributed by atoms with Crippen LogP contribution in [0.25, 0.3) is 11.5 Å². The summed E-state index contributed by atoms with van der Waals surface area (Å²) < 4.78 is 39.7. The van der Waals surface area contributed by atoms with Gasteiger partial charge in [-0.25, -0.2) is 13.1 Å². The number of hydrogen-bond donors (Lipinski definition) is 2. The third kappa shape index (κ3) is 4.67. The molecule has 0 radical (unpaired) electrons. The van der Waals surface area contributed by atoms with Crippen molar-refractivity contribution in [3.05, 3.63) is 24.0 Å². The normalized spacial score (nSPS) is 13.0. The van der Waals surface area contributed by atoms with E-state index in [1.165, 1.54) is 0 Å². The number of amides is 1. The molecule has 3 rings (SSSR count). The van der Waals surface area contributed by atoms with Crippen LogP contribution in [0.2, 0.25) is 0 Å². The Bertz CT molecular complexity index is 879. The monoisotopic (exact) mass is 368 g/mol. The van der Waals surface area contributed by atoms with Crippen molar-refractivity contribution in [2.45, 2.75) is 13.0 Å². The van der Waals surface area contributed by atoms with E-state index in [0.717, 1.165) is 6.26 Å². The molecule has 10 nitrogen and oxygen atoms in total. The van der Waals surface area contributed by atoms with Crippen LogP contribution >= 0.6 is 0 Å². The fourth-order valence-corrected chi connectivity index (χ4v) is 2.56. The van der Waals surface area contributed by atoms with Crippen molar-refractivity contribution in [1.29, 1.82) is 0 Å². The number of carbonyl (C=O) groups is 1. The van der Waals surface area contributed by atoms with Gasteiger partial charge in [0.05, 0.1) is 12.8 Å². The maximum absolute atomic E-state index is 11.6. The van der Waals surface area contributed by atoms with Gasteiger partial charge in [-0.3, -0.25) is 4.79 Å². The smallest absolute Gasteiger partial charge is 0.258 e. The largest absolute Gasteiger partial charge is 0.454 e. The van der Waals surface area contributed by atoms with E-state index in [9.17, 15) is 13.2 Å². The van der Waals surface area contributed by atoms with Gasteiger partial charge in [-0.1, -0.05) is 5.16 Å². The zero-order valence-electron chi connectivity index (χ0n) is 13.3. The highest BCUT2D eigenvalue weighted by atomic mass is 32.2. The lowest BCUT2D eigenvalue weighted by Gasteiger charge is -2.03. The van der Waals surface area contributed by atoms with Crippen molar-refractivity contribution in [3.63, 3.8) is 0 Å². The number of sulfonamides is 1. The lowest BCUT2D eigenvalue weighted by atomic mass is 10.2. The van der Waals surface area contributed by atoms with Crippen LogP contribution in [-0.4, -0.2) is 44.1 Å². The summed E-state index contributed by atoms with van der Waals surface area (Å²) in [6, 6.07) is 5.24. The third-order valence-corrected chi connectivity index (χ3v) is 3.98. The van der Waals surface area contributed by atoms with Crippen LogP contribution in [-0.2, 0) is 21.4 Å². The molecule has 0 bridgehead atoms. The number of ether oxygens (including phenoxy) is 2. The number of hydrogen-bond acceptors (Lipinski definition) is 8. The molecule has 11 heteroatoms. The standard InChI is InChI=1S/C14H16N4O6S/c1-25(20,21)16-5-4-13(19)15-7-12-17-14(24-18-12)9-2-3-10-11(6-9)23-8-22-10/h2-3,6,16H,4-5,7-8H2,1H3,(H,15,19). The summed E-state index contributed by atoms with van der Waals surface area (Å²) in [4.78, 5) is 15.8. The van der Waals surface area contributed by atoms with E-state index in [-0.39, 0.29) is 32.2 Å². The van der Waals surface area contributed by atoms with Gasteiger partial charge in [-0.2, -0.15) is 4.98 Å². The van der Waals surface area contributed by atoms with Crippen LogP contribution < -0.4 is 19.5 Å². The molecular weight excluding hydrogens is 352 g/mol. The molecule has 0 saturated carbocycles. The van der Waals surface area contributed by atoms with E-state index in [1.54, 1.807) is 18.2 Å². The van der Waals surface area contributed by atoms with E-state index in [0.29, 0.717) is 28.8 Å². The minimum atomic E-state index is -3.31. The van der Waals surface area contributed by atoms with E-state index in [1.807, 2.05) is 0 Å². The first kappa shape index (κ1) is 17.2. The van der Waals surface area contributed by atoms with Crippen LogP contribution in [0.1, 0.15) is 12.2 Å². The molecule has 1 aliphatic rings. The van der Waals surface area contributed by atoms with Crippen molar-refractivity contribution in [3.8, 4) is 23.0 Å². The lowest BCUT2D eigenvalue weighted by Crippen LogP contribution is -2.30. The van der Waals surface area contributed by atoms with Gasteiger partial charge in [0.2, 0.25) is 22.7 Å². The molecule has 0 atom stereocenters. The molecule has 0 saturated heterocycles. The first-order valence-corrected chi connectivity index (χ1v) is 9.24. The van der Waals surface area contributed by atoms with Gasteiger partial charge in [0.25, 0.3) is 5.89 Å². The molecule has 1 aromatic heterocycles. The number of nitrogens with zero attached hydrogens (tertiary/aromatic N) is 2. The molecule has 2 aromatic rings. The molecule has 0 spiro atoms. The molecule has 1 aliphatic heterocycles. The van der Waals surface area contributed by atoms with Gasteiger partial charge < -0.3 is 19.3 Å². The fourth-order valence-electron chi connectivity index (χ4n) is 2.09. The summed E-state index contributed by atoms with van der Waals surface area (Å²) in [6.07, 6.45) is 1.04. The quantitative estimate of drug-likeness (QED) is 0.699. The number of aromatic nitrogens is 2. The maximum Gasteiger partial charge on any atom is 0.258 e. The summed E-state index contributed by atoms with van der Waals surface area (Å²) in [5.41, 5.74) is 0.673. The highest BCUT2D eigenvalue weighted by Gasteiger charge is 2.17. The Kier molecular flexibility index (Phi) is 4.86. The van der Waals surface area contributed by atoms with Crippen molar-refractivity contribution in [1.82, 2.24) is 20.2 Å². The van der Waals surface area contributed by atoms with Crippen molar-refractivity contribution in [2.24, 2.45) is 0 Å². The van der Waals surface area contributed by atoms with Crippen LogP contribution in [0.3, 0.4) is 0 Å².